The van der Waals surface area contributed by atoms with E-state index in [0.717, 1.165) is 23.0 Å². The Hall–Kier alpha value is -1.67. The summed E-state index contributed by atoms with van der Waals surface area (Å²) in [5, 5.41) is 4.17. The Bertz CT molecular complexity index is 581. The van der Waals surface area contributed by atoms with E-state index in [1.165, 1.54) is 16.7 Å². The van der Waals surface area contributed by atoms with Gasteiger partial charge in [-0.25, -0.2) is 0 Å². The first-order valence-electron chi connectivity index (χ1n) is 6.23. The topological polar surface area (TPSA) is 21.3 Å². The number of halogens is 1. The first kappa shape index (κ1) is 13.8. The first-order valence-corrected chi connectivity index (χ1v) is 6.61. The molecule has 0 amide bonds. The molecule has 0 unspecified atom stereocenters. The van der Waals surface area contributed by atoms with Crippen molar-refractivity contribution in [2.45, 2.75) is 20.4 Å². The Morgan fingerprint density at radius 3 is 2.58 bits per heavy atom. The lowest BCUT2D eigenvalue weighted by atomic mass is 10.1. The fourth-order valence-electron chi connectivity index (χ4n) is 1.99. The standard InChI is InChI=1S/C16H18ClNO/c1-11-4-7-15(16(8-11)19-3)18-10-13-5-6-14(17)9-12(13)2/h4-9,18H,10H2,1-3H3. The van der Waals surface area contributed by atoms with Gasteiger partial charge in [0.15, 0.2) is 0 Å². The molecule has 0 spiro atoms. The van der Waals surface area contributed by atoms with Crippen LogP contribution in [0.3, 0.4) is 0 Å². The zero-order valence-electron chi connectivity index (χ0n) is 11.5. The lowest BCUT2D eigenvalue weighted by Gasteiger charge is -2.13. The molecule has 0 aliphatic heterocycles. The van der Waals surface area contributed by atoms with Crippen LogP contribution in [-0.4, -0.2) is 7.11 Å². The van der Waals surface area contributed by atoms with Crippen molar-refractivity contribution >= 4 is 17.3 Å². The fraction of sp³-hybridized carbons (Fsp3) is 0.250. The van der Waals surface area contributed by atoms with Crippen molar-refractivity contribution < 1.29 is 4.74 Å². The summed E-state index contributed by atoms with van der Waals surface area (Å²) >= 11 is 5.96. The van der Waals surface area contributed by atoms with Crippen LogP contribution in [0.5, 0.6) is 5.75 Å². The lowest BCUT2D eigenvalue weighted by molar-refractivity contribution is 0.416. The zero-order valence-corrected chi connectivity index (χ0v) is 12.2. The lowest BCUT2D eigenvalue weighted by Crippen LogP contribution is -2.03. The molecule has 2 nitrogen and oxygen atoms in total. The molecule has 19 heavy (non-hydrogen) atoms. The van der Waals surface area contributed by atoms with E-state index in [1.807, 2.05) is 30.3 Å². The van der Waals surface area contributed by atoms with Crippen molar-refractivity contribution in [3.05, 3.63) is 58.1 Å². The van der Waals surface area contributed by atoms with Gasteiger partial charge >= 0.3 is 0 Å². The van der Waals surface area contributed by atoms with E-state index in [1.54, 1.807) is 7.11 Å². The third kappa shape index (κ3) is 3.42. The minimum atomic E-state index is 0.752. The van der Waals surface area contributed by atoms with E-state index in [9.17, 15) is 0 Å². The molecule has 0 fully saturated rings. The van der Waals surface area contributed by atoms with Gasteiger partial charge in [-0.2, -0.15) is 0 Å². The predicted octanol–water partition coefficient (Wildman–Crippen LogP) is 4.58. The molecule has 0 radical (unpaired) electrons. The Balaban J connectivity index is 2.14. The highest BCUT2D eigenvalue weighted by Gasteiger charge is 2.04. The number of methoxy groups -OCH3 is 1. The number of anilines is 1. The molecule has 0 heterocycles. The number of nitrogens with one attached hydrogen (secondary N) is 1. The van der Waals surface area contributed by atoms with Crippen molar-refractivity contribution in [2.24, 2.45) is 0 Å². The minimum absolute atomic E-state index is 0.752. The summed E-state index contributed by atoms with van der Waals surface area (Å²) in [4.78, 5) is 0. The van der Waals surface area contributed by atoms with Crippen LogP contribution in [0.2, 0.25) is 5.02 Å². The maximum Gasteiger partial charge on any atom is 0.142 e. The van der Waals surface area contributed by atoms with Crippen LogP contribution in [0, 0.1) is 13.8 Å². The van der Waals surface area contributed by atoms with Crippen LogP contribution in [0.25, 0.3) is 0 Å². The van der Waals surface area contributed by atoms with Crippen LogP contribution in [0.1, 0.15) is 16.7 Å². The van der Waals surface area contributed by atoms with Crippen LogP contribution in [0.15, 0.2) is 36.4 Å². The van der Waals surface area contributed by atoms with Gasteiger partial charge in [0.1, 0.15) is 5.75 Å². The second-order valence-corrected chi connectivity index (χ2v) is 5.06. The number of benzene rings is 2. The second kappa shape index (κ2) is 5.98. The van der Waals surface area contributed by atoms with Gasteiger partial charge < -0.3 is 10.1 Å². The van der Waals surface area contributed by atoms with Gasteiger partial charge in [0.25, 0.3) is 0 Å². The average molecular weight is 276 g/mol. The van der Waals surface area contributed by atoms with E-state index in [2.05, 4.69) is 25.2 Å². The summed E-state index contributed by atoms with van der Waals surface area (Å²) < 4.78 is 5.38. The number of hydrogen-bond acceptors (Lipinski definition) is 2. The molecule has 0 atom stereocenters. The Labute approximate surface area is 119 Å². The van der Waals surface area contributed by atoms with Crippen LogP contribution < -0.4 is 10.1 Å². The molecule has 2 aromatic rings. The summed E-state index contributed by atoms with van der Waals surface area (Å²) in [6.45, 7) is 4.87. The molecule has 0 saturated carbocycles. The summed E-state index contributed by atoms with van der Waals surface area (Å²) in [7, 11) is 1.69. The number of aryl methyl sites for hydroxylation is 2. The Kier molecular flexibility index (Phi) is 4.33. The van der Waals surface area contributed by atoms with Crippen molar-refractivity contribution in [3.8, 4) is 5.75 Å². The maximum atomic E-state index is 5.96. The quantitative estimate of drug-likeness (QED) is 0.882. The molecule has 1 N–H and O–H groups in total. The normalized spacial score (nSPS) is 10.3. The third-order valence-electron chi connectivity index (χ3n) is 3.13. The molecule has 0 bridgehead atoms. The second-order valence-electron chi connectivity index (χ2n) is 4.63. The maximum absolute atomic E-state index is 5.96. The smallest absolute Gasteiger partial charge is 0.142 e. The Morgan fingerprint density at radius 2 is 1.89 bits per heavy atom. The van der Waals surface area contributed by atoms with E-state index in [-0.39, 0.29) is 0 Å². The van der Waals surface area contributed by atoms with Gasteiger partial charge in [-0.15, -0.1) is 0 Å². The molecular formula is C16H18ClNO. The predicted molar refractivity (Wildman–Crippen MR) is 81.2 cm³/mol. The van der Waals surface area contributed by atoms with Gasteiger partial charge in [0, 0.05) is 11.6 Å². The Morgan fingerprint density at radius 1 is 1.11 bits per heavy atom. The summed E-state index contributed by atoms with van der Waals surface area (Å²) in [5.74, 6) is 0.867. The average Bonchev–Trinajstić information content (AvgIpc) is 2.39. The van der Waals surface area contributed by atoms with Gasteiger partial charge in [0.2, 0.25) is 0 Å². The van der Waals surface area contributed by atoms with Crippen LogP contribution >= 0.6 is 11.6 Å². The molecule has 100 valence electrons. The highest BCUT2D eigenvalue weighted by molar-refractivity contribution is 6.30. The van der Waals surface area contributed by atoms with E-state index in [0.29, 0.717) is 0 Å². The summed E-state index contributed by atoms with van der Waals surface area (Å²) in [6, 6.07) is 12.1. The molecule has 2 aromatic carbocycles. The SMILES string of the molecule is COc1cc(C)ccc1NCc1ccc(Cl)cc1C. The molecule has 0 aromatic heterocycles. The molecule has 3 heteroatoms. The van der Waals surface area contributed by atoms with Crippen molar-refractivity contribution in [1.82, 2.24) is 0 Å². The molecule has 0 aliphatic carbocycles. The molecular weight excluding hydrogens is 258 g/mol. The van der Waals surface area contributed by atoms with Gasteiger partial charge in [-0.1, -0.05) is 23.7 Å². The fourth-order valence-corrected chi connectivity index (χ4v) is 2.22. The van der Waals surface area contributed by atoms with Crippen LogP contribution in [0.4, 0.5) is 5.69 Å². The number of ether oxygens (including phenoxy) is 1. The van der Waals surface area contributed by atoms with E-state index >= 15 is 0 Å². The van der Waals surface area contributed by atoms with E-state index in [4.69, 9.17) is 16.3 Å². The zero-order chi connectivity index (χ0) is 13.8. The van der Waals surface area contributed by atoms with Crippen molar-refractivity contribution in [3.63, 3.8) is 0 Å². The number of hydrogen-bond donors (Lipinski definition) is 1. The highest BCUT2D eigenvalue weighted by atomic mass is 35.5. The summed E-state index contributed by atoms with van der Waals surface area (Å²) in [6.07, 6.45) is 0. The molecule has 0 saturated heterocycles. The van der Waals surface area contributed by atoms with E-state index < -0.39 is 0 Å². The third-order valence-corrected chi connectivity index (χ3v) is 3.37. The minimum Gasteiger partial charge on any atom is -0.495 e. The summed E-state index contributed by atoms with van der Waals surface area (Å²) in [5.41, 5.74) is 4.60. The molecule has 0 aliphatic rings. The van der Waals surface area contributed by atoms with Gasteiger partial charge in [0.05, 0.1) is 12.8 Å². The first-order chi connectivity index (χ1) is 9.10. The van der Waals surface area contributed by atoms with Gasteiger partial charge in [-0.3, -0.25) is 0 Å². The highest BCUT2D eigenvalue weighted by Crippen LogP contribution is 2.26. The largest absolute Gasteiger partial charge is 0.495 e. The van der Waals surface area contributed by atoms with Crippen molar-refractivity contribution in [2.75, 3.05) is 12.4 Å². The monoisotopic (exact) mass is 275 g/mol. The van der Waals surface area contributed by atoms with Crippen molar-refractivity contribution in [1.29, 1.82) is 0 Å². The van der Waals surface area contributed by atoms with Crippen LogP contribution in [-0.2, 0) is 6.54 Å². The number of rotatable bonds is 4. The van der Waals surface area contributed by atoms with Gasteiger partial charge in [-0.05, 0) is 54.8 Å². The molecule has 2 rings (SSSR count).